The van der Waals surface area contributed by atoms with Crippen LogP contribution in [-0.4, -0.2) is 30.1 Å². The fraction of sp³-hybridized carbons (Fsp3) is 0.286. The number of carbonyl (C=O) groups is 2. The van der Waals surface area contributed by atoms with Gasteiger partial charge >= 0.3 is 5.97 Å². The molecule has 1 rings (SSSR count). The number of hydrogen-bond donors (Lipinski definition) is 0. The first-order valence-electron chi connectivity index (χ1n) is 6.10. The molecule has 0 aliphatic rings. The highest BCUT2D eigenvalue weighted by molar-refractivity contribution is 6.03. The maximum Gasteiger partial charge on any atom is 0.315 e. The van der Waals surface area contributed by atoms with E-state index in [9.17, 15) is 19.7 Å². The van der Waals surface area contributed by atoms with E-state index in [4.69, 9.17) is 9.47 Å². The average molecular weight is 293 g/mol. The third-order valence-corrected chi connectivity index (χ3v) is 2.49. The number of non-ortho nitro benzene ring substituents is 1. The second-order valence-corrected chi connectivity index (χ2v) is 4.12. The molecular weight excluding hydrogens is 278 g/mol. The molecule has 0 saturated carbocycles. The molecule has 7 heteroatoms. The maximum atomic E-state index is 11.6. The molecule has 1 atom stereocenters. The van der Waals surface area contributed by atoms with Crippen molar-refractivity contribution < 1.29 is 24.0 Å². The highest BCUT2D eigenvalue weighted by atomic mass is 16.7. The first-order valence-corrected chi connectivity index (χ1v) is 6.10. The molecule has 7 nitrogen and oxygen atoms in total. The van der Waals surface area contributed by atoms with E-state index in [1.807, 2.05) is 0 Å². The van der Waals surface area contributed by atoms with E-state index in [1.165, 1.54) is 44.4 Å². The van der Waals surface area contributed by atoms with E-state index in [1.54, 1.807) is 6.07 Å². The smallest absolute Gasteiger partial charge is 0.315 e. The molecule has 0 amide bonds. The number of ketones is 1. The average Bonchev–Trinajstić information content (AvgIpc) is 2.45. The molecule has 0 N–H and O–H groups in total. The summed E-state index contributed by atoms with van der Waals surface area (Å²) < 4.78 is 9.50. The molecule has 0 aliphatic heterocycles. The Labute approximate surface area is 121 Å². The Balaban J connectivity index is 2.60. The van der Waals surface area contributed by atoms with Gasteiger partial charge in [0.05, 0.1) is 4.92 Å². The van der Waals surface area contributed by atoms with Crippen molar-refractivity contribution in [3.05, 3.63) is 46.0 Å². The second-order valence-electron chi connectivity index (χ2n) is 4.12. The van der Waals surface area contributed by atoms with Crippen LogP contribution in [0.5, 0.6) is 0 Å². The van der Waals surface area contributed by atoms with Gasteiger partial charge in [-0.15, -0.1) is 0 Å². The summed E-state index contributed by atoms with van der Waals surface area (Å²) in [6.07, 6.45) is 1.45. The van der Waals surface area contributed by atoms with Gasteiger partial charge in [0, 0.05) is 19.2 Å². The van der Waals surface area contributed by atoms with E-state index in [0.717, 1.165) is 0 Å². The Hall–Kier alpha value is -2.54. The quantitative estimate of drug-likeness (QED) is 0.191. The van der Waals surface area contributed by atoms with Gasteiger partial charge in [-0.1, -0.05) is 18.2 Å². The fourth-order valence-corrected chi connectivity index (χ4v) is 1.41. The highest BCUT2D eigenvalue weighted by Gasteiger charge is 2.11. The molecule has 0 radical (unpaired) electrons. The number of carbonyl (C=O) groups excluding carboxylic acids is 2. The predicted octanol–water partition coefficient (Wildman–Crippen LogP) is 2.10. The van der Waals surface area contributed by atoms with Gasteiger partial charge < -0.3 is 9.47 Å². The Bertz CT molecular complexity index is 566. The van der Waals surface area contributed by atoms with Crippen molar-refractivity contribution in [2.75, 3.05) is 7.11 Å². The van der Waals surface area contributed by atoms with Gasteiger partial charge in [-0.2, -0.15) is 0 Å². The number of hydrogen-bond acceptors (Lipinski definition) is 6. The van der Waals surface area contributed by atoms with E-state index >= 15 is 0 Å². The summed E-state index contributed by atoms with van der Waals surface area (Å²) in [6.45, 7) is 1.53. The number of rotatable bonds is 7. The number of methoxy groups -OCH3 is 1. The van der Waals surface area contributed by atoms with Crippen molar-refractivity contribution in [2.45, 2.75) is 19.6 Å². The van der Waals surface area contributed by atoms with Gasteiger partial charge in [-0.05, 0) is 18.6 Å². The van der Waals surface area contributed by atoms with Crippen LogP contribution in [0.4, 0.5) is 5.69 Å². The summed E-state index contributed by atoms with van der Waals surface area (Å²) in [5.74, 6) is -1.16. The van der Waals surface area contributed by atoms with Gasteiger partial charge in [-0.25, -0.2) is 0 Å². The lowest BCUT2D eigenvalue weighted by Gasteiger charge is -2.09. The summed E-state index contributed by atoms with van der Waals surface area (Å²) in [5, 5.41) is 10.6. The Morgan fingerprint density at radius 2 is 2.14 bits per heavy atom. The lowest BCUT2D eigenvalue weighted by atomic mass is 10.1. The first-order chi connectivity index (χ1) is 9.92. The number of nitro groups is 1. The van der Waals surface area contributed by atoms with E-state index < -0.39 is 29.4 Å². The molecular formula is C14H15NO6. The molecule has 1 unspecified atom stereocenters. The fourth-order valence-electron chi connectivity index (χ4n) is 1.41. The molecule has 0 spiro atoms. The van der Waals surface area contributed by atoms with Crippen molar-refractivity contribution in [1.82, 2.24) is 0 Å². The van der Waals surface area contributed by atoms with Crippen LogP contribution < -0.4 is 0 Å². The summed E-state index contributed by atoms with van der Waals surface area (Å²) >= 11 is 0. The Kier molecular flexibility index (Phi) is 6.22. The highest BCUT2D eigenvalue weighted by Crippen LogP contribution is 2.14. The zero-order valence-electron chi connectivity index (χ0n) is 11.6. The third-order valence-electron chi connectivity index (χ3n) is 2.49. The van der Waals surface area contributed by atoms with Crippen LogP contribution in [-0.2, 0) is 19.1 Å². The van der Waals surface area contributed by atoms with Crippen molar-refractivity contribution in [3.63, 3.8) is 0 Å². The van der Waals surface area contributed by atoms with E-state index in [-0.39, 0.29) is 5.69 Å². The standard InChI is InChI=1S/C14H15NO6/c1-10(20-2)21-14(17)9-13(16)7-6-11-4-3-5-12(8-11)15(18)19/h3-8,10H,9H2,1-2H3/b7-6+. The van der Waals surface area contributed by atoms with Crippen LogP contribution in [0.15, 0.2) is 30.3 Å². The molecule has 1 aromatic rings. The monoisotopic (exact) mass is 293 g/mol. The molecule has 21 heavy (non-hydrogen) atoms. The lowest BCUT2D eigenvalue weighted by molar-refractivity contribution is -0.384. The van der Waals surface area contributed by atoms with Crippen LogP contribution in [0.1, 0.15) is 18.9 Å². The lowest BCUT2D eigenvalue weighted by Crippen LogP contribution is -2.18. The third kappa shape index (κ3) is 5.96. The van der Waals surface area contributed by atoms with Gasteiger partial charge in [0.25, 0.3) is 5.69 Å². The number of allylic oxidation sites excluding steroid dienone is 1. The minimum Gasteiger partial charge on any atom is -0.436 e. The second kappa shape index (κ2) is 7.91. The number of esters is 1. The molecule has 0 heterocycles. The number of nitro benzene ring substituents is 1. The molecule has 0 fully saturated rings. The van der Waals surface area contributed by atoms with Gasteiger partial charge in [0.1, 0.15) is 6.42 Å². The summed E-state index contributed by atoms with van der Waals surface area (Å²) in [7, 11) is 1.38. The predicted molar refractivity (Wildman–Crippen MR) is 74.3 cm³/mol. The van der Waals surface area contributed by atoms with Crippen molar-refractivity contribution >= 4 is 23.5 Å². The molecule has 0 aromatic heterocycles. The van der Waals surface area contributed by atoms with Crippen LogP contribution in [0.2, 0.25) is 0 Å². The zero-order valence-corrected chi connectivity index (χ0v) is 11.6. The van der Waals surface area contributed by atoms with Gasteiger partial charge in [-0.3, -0.25) is 19.7 Å². The summed E-state index contributed by atoms with van der Waals surface area (Å²) in [4.78, 5) is 33.0. The van der Waals surface area contributed by atoms with Crippen molar-refractivity contribution in [1.29, 1.82) is 0 Å². The van der Waals surface area contributed by atoms with Crippen molar-refractivity contribution in [2.24, 2.45) is 0 Å². The Morgan fingerprint density at radius 3 is 2.76 bits per heavy atom. The van der Waals surface area contributed by atoms with E-state index in [2.05, 4.69) is 0 Å². The van der Waals surface area contributed by atoms with Crippen LogP contribution in [0.25, 0.3) is 6.08 Å². The molecule has 1 aromatic carbocycles. The van der Waals surface area contributed by atoms with Gasteiger partial charge in [0.2, 0.25) is 0 Å². The Morgan fingerprint density at radius 1 is 1.43 bits per heavy atom. The minimum absolute atomic E-state index is 0.0714. The van der Waals surface area contributed by atoms with Gasteiger partial charge in [0.15, 0.2) is 12.1 Å². The summed E-state index contributed by atoms with van der Waals surface area (Å²) in [5.41, 5.74) is 0.425. The summed E-state index contributed by atoms with van der Waals surface area (Å²) in [6, 6.07) is 5.80. The molecule has 0 saturated heterocycles. The van der Waals surface area contributed by atoms with Crippen LogP contribution in [0.3, 0.4) is 0 Å². The normalized spacial score (nSPS) is 12.1. The molecule has 0 bridgehead atoms. The molecule has 0 aliphatic carbocycles. The number of ether oxygens (including phenoxy) is 2. The number of benzene rings is 1. The number of nitrogens with zero attached hydrogens (tertiary/aromatic N) is 1. The largest absolute Gasteiger partial charge is 0.436 e. The zero-order chi connectivity index (χ0) is 15.8. The molecule has 112 valence electrons. The first kappa shape index (κ1) is 16.5. The minimum atomic E-state index is -0.717. The van der Waals surface area contributed by atoms with Crippen LogP contribution in [0, 0.1) is 10.1 Å². The van der Waals surface area contributed by atoms with Crippen molar-refractivity contribution in [3.8, 4) is 0 Å². The topological polar surface area (TPSA) is 95.7 Å². The van der Waals surface area contributed by atoms with E-state index in [0.29, 0.717) is 5.56 Å². The SMILES string of the molecule is COC(C)OC(=O)CC(=O)/C=C/c1cccc([N+](=O)[O-])c1. The van der Waals surface area contributed by atoms with Crippen LogP contribution >= 0.6 is 0 Å². The maximum absolute atomic E-state index is 11.6.